The van der Waals surface area contributed by atoms with Gasteiger partial charge >= 0.3 is 0 Å². The molecule has 0 aliphatic carbocycles. The summed E-state index contributed by atoms with van der Waals surface area (Å²) >= 11 is 0. The van der Waals surface area contributed by atoms with E-state index >= 15 is 0 Å². The second-order valence-electron chi connectivity index (χ2n) is 8.40. The van der Waals surface area contributed by atoms with Crippen LogP contribution in [0.15, 0.2) is 116 Å². The molecule has 0 fully saturated rings. The van der Waals surface area contributed by atoms with Crippen molar-refractivity contribution < 1.29 is 0 Å². The van der Waals surface area contributed by atoms with Crippen LogP contribution in [0.25, 0.3) is 51.8 Å². The molecule has 166 valence electrons. The molecule has 3 aromatic heterocycles. The molecule has 6 rings (SSSR count). The molecule has 35 heavy (non-hydrogen) atoms. The summed E-state index contributed by atoms with van der Waals surface area (Å²) in [7, 11) is 0. The predicted molar refractivity (Wildman–Crippen MR) is 147 cm³/mol. The van der Waals surface area contributed by atoms with Gasteiger partial charge in [-0.25, -0.2) is 0 Å². The fraction of sp³-hybridized carbons (Fsp3) is 0. The molecular weight excluding hydrogens is 426 g/mol. The molecule has 0 bridgehead atoms. The third-order valence-corrected chi connectivity index (χ3v) is 6.10. The van der Waals surface area contributed by atoms with Crippen molar-refractivity contribution >= 4 is 46.1 Å². The highest BCUT2D eigenvalue weighted by Gasteiger charge is 2.12. The van der Waals surface area contributed by atoms with Crippen molar-refractivity contribution in [3.05, 3.63) is 138 Å². The molecule has 0 atom stereocenters. The number of aromatic nitrogens is 3. The van der Waals surface area contributed by atoms with E-state index < -0.39 is 0 Å². The minimum atomic E-state index is 0.946. The lowest BCUT2D eigenvalue weighted by Crippen LogP contribution is -1.93. The Labute approximate surface area is 204 Å². The van der Waals surface area contributed by atoms with Gasteiger partial charge in [0, 0.05) is 28.9 Å². The molecule has 0 saturated carbocycles. The lowest BCUT2D eigenvalue weighted by molar-refractivity contribution is 1.18. The Morgan fingerprint density at radius 3 is 1.49 bits per heavy atom. The maximum absolute atomic E-state index is 4.40. The van der Waals surface area contributed by atoms with Crippen LogP contribution >= 0.6 is 0 Å². The Bertz CT molecular complexity index is 1560. The zero-order valence-corrected chi connectivity index (χ0v) is 19.1. The number of hydrogen-bond acceptors (Lipinski definition) is 2. The molecule has 0 spiro atoms. The van der Waals surface area contributed by atoms with Crippen molar-refractivity contribution in [3.63, 3.8) is 0 Å². The number of fused-ring (bicyclic) bond motifs is 3. The number of hydrogen-bond donors (Lipinski definition) is 0. The highest BCUT2D eigenvalue weighted by atomic mass is 15.0. The quantitative estimate of drug-likeness (QED) is 0.268. The molecule has 0 N–H and O–H groups in total. The van der Waals surface area contributed by atoms with E-state index in [1.54, 1.807) is 0 Å². The second-order valence-corrected chi connectivity index (χ2v) is 8.40. The van der Waals surface area contributed by atoms with E-state index in [-0.39, 0.29) is 0 Å². The molecule has 3 aromatic carbocycles. The first-order chi connectivity index (χ1) is 17.3. The molecule has 0 radical (unpaired) electrons. The molecule has 0 saturated heterocycles. The van der Waals surface area contributed by atoms with Gasteiger partial charge in [-0.2, -0.15) is 0 Å². The van der Waals surface area contributed by atoms with Crippen LogP contribution in [0.2, 0.25) is 0 Å². The Kier molecular flexibility index (Phi) is 5.50. The molecule has 3 heteroatoms. The first-order valence-corrected chi connectivity index (χ1v) is 11.7. The van der Waals surface area contributed by atoms with Crippen molar-refractivity contribution in [1.29, 1.82) is 0 Å². The third kappa shape index (κ3) is 4.28. The van der Waals surface area contributed by atoms with Crippen LogP contribution < -0.4 is 0 Å². The fourth-order valence-corrected chi connectivity index (χ4v) is 4.43. The number of nitrogens with zero attached hydrogens (tertiary/aromatic N) is 3. The lowest BCUT2D eigenvalue weighted by Gasteiger charge is -2.07. The van der Waals surface area contributed by atoms with Crippen LogP contribution in [0.5, 0.6) is 0 Å². The van der Waals surface area contributed by atoms with Crippen molar-refractivity contribution in [1.82, 2.24) is 14.5 Å². The molecule has 6 aromatic rings. The van der Waals surface area contributed by atoms with Gasteiger partial charge in [0.05, 0.1) is 22.4 Å². The minimum Gasteiger partial charge on any atom is -0.309 e. The van der Waals surface area contributed by atoms with Crippen molar-refractivity contribution in [2.75, 3.05) is 0 Å². The lowest BCUT2D eigenvalue weighted by atomic mass is 10.1. The molecule has 3 nitrogen and oxygen atoms in total. The van der Waals surface area contributed by atoms with Gasteiger partial charge in [0.1, 0.15) is 0 Å². The largest absolute Gasteiger partial charge is 0.309 e. The van der Waals surface area contributed by atoms with Gasteiger partial charge in [-0.1, -0.05) is 54.6 Å². The monoisotopic (exact) mass is 449 g/mol. The van der Waals surface area contributed by atoms with E-state index in [2.05, 4.69) is 106 Å². The summed E-state index contributed by atoms with van der Waals surface area (Å²) in [5, 5.41) is 2.44. The summed E-state index contributed by atoms with van der Waals surface area (Å²) < 4.78 is 2.34. The second kappa shape index (κ2) is 9.24. The Morgan fingerprint density at radius 1 is 0.486 bits per heavy atom. The van der Waals surface area contributed by atoms with Gasteiger partial charge in [-0.05, 0) is 83.9 Å². The standard InChI is InChI=1S/C32H23N3/c1-2-10-28(11-3-1)35-31-18-14-24(12-16-26-8-4-6-20-33-26)22-29(31)30-23-25(15-19-32(30)35)13-17-27-9-5-7-21-34-27/h1-23H. The Morgan fingerprint density at radius 2 is 1.00 bits per heavy atom. The van der Waals surface area contributed by atoms with Gasteiger partial charge in [0.25, 0.3) is 0 Å². The Balaban J connectivity index is 1.50. The third-order valence-electron chi connectivity index (χ3n) is 6.10. The molecule has 0 aliphatic rings. The number of pyridine rings is 2. The highest BCUT2D eigenvalue weighted by molar-refractivity contribution is 6.10. The van der Waals surface area contributed by atoms with E-state index in [0.29, 0.717) is 0 Å². The van der Waals surface area contributed by atoms with Gasteiger partial charge in [-0.3, -0.25) is 9.97 Å². The summed E-state index contributed by atoms with van der Waals surface area (Å²) in [6.07, 6.45) is 12.0. The zero-order valence-electron chi connectivity index (χ0n) is 19.1. The van der Waals surface area contributed by atoms with Crippen molar-refractivity contribution in [2.45, 2.75) is 0 Å². The van der Waals surface area contributed by atoms with E-state index in [9.17, 15) is 0 Å². The maximum Gasteiger partial charge on any atom is 0.0629 e. The summed E-state index contributed by atoms with van der Waals surface area (Å²) in [5.41, 5.74) is 7.71. The molecule has 0 amide bonds. The van der Waals surface area contributed by atoms with Crippen LogP contribution in [0.1, 0.15) is 22.5 Å². The van der Waals surface area contributed by atoms with Crippen LogP contribution in [0, 0.1) is 0 Å². The normalized spacial score (nSPS) is 11.8. The average Bonchev–Trinajstić information content (AvgIpc) is 3.25. The van der Waals surface area contributed by atoms with Crippen LogP contribution in [-0.2, 0) is 0 Å². The number of para-hydroxylation sites is 1. The zero-order chi connectivity index (χ0) is 23.5. The maximum atomic E-state index is 4.40. The van der Waals surface area contributed by atoms with E-state index in [0.717, 1.165) is 28.2 Å². The summed E-state index contributed by atoms with van der Waals surface area (Å²) in [6.45, 7) is 0. The van der Waals surface area contributed by atoms with E-state index in [1.165, 1.54) is 21.8 Å². The van der Waals surface area contributed by atoms with Gasteiger partial charge in [0.15, 0.2) is 0 Å². The topological polar surface area (TPSA) is 30.7 Å². The van der Waals surface area contributed by atoms with E-state index in [1.807, 2.05) is 48.8 Å². The van der Waals surface area contributed by atoms with Crippen LogP contribution in [0.4, 0.5) is 0 Å². The van der Waals surface area contributed by atoms with E-state index in [4.69, 9.17) is 0 Å². The summed E-state index contributed by atoms with van der Waals surface area (Å²) in [6, 6.07) is 35.7. The summed E-state index contributed by atoms with van der Waals surface area (Å²) in [4.78, 5) is 8.81. The highest BCUT2D eigenvalue weighted by Crippen LogP contribution is 2.34. The molecule has 0 unspecified atom stereocenters. The molecule has 3 heterocycles. The fourth-order valence-electron chi connectivity index (χ4n) is 4.43. The van der Waals surface area contributed by atoms with Gasteiger partial charge in [0.2, 0.25) is 0 Å². The summed E-state index contributed by atoms with van der Waals surface area (Å²) in [5.74, 6) is 0. The van der Waals surface area contributed by atoms with Crippen molar-refractivity contribution in [3.8, 4) is 5.69 Å². The average molecular weight is 450 g/mol. The number of rotatable bonds is 5. The smallest absolute Gasteiger partial charge is 0.0629 e. The first kappa shape index (κ1) is 20.8. The predicted octanol–water partition coefficient (Wildman–Crippen LogP) is 7.91. The van der Waals surface area contributed by atoms with Crippen molar-refractivity contribution in [2.24, 2.45) is 0 Å². The van der Waals surface area contributed by atoms with Crippen LogP contribution in [-0.4, -0.2) is 14.5 Å². The molecular formula is C32H23N3. The Hall–Kier alpha value is -4.76. The SMILES string of the molecule is C(=Cc1ccccn1)c1ccc2c(c1)c1cc(C=Cc3ccccn3)ccc1n2-c1ccccc1. The minimum absolute atomic E-state index is 0.946. The first-order valence-electron chi connectivity index (χ1n) is 11.7. The van der Waals surface area contributed by atoms with Gasteiger partial charge < -0.3 is 4.57 Å². The van der Waals surface area contributed by atoms with Gasteiger partial charge in [-0.15, -0.1) is 0 Å². The van der Waals surface area contributed by atoms with Crippen LogP contribution in [0.3, 0.4) is 0 Å². The molecule has 0 aliphatic heterocycles. The number of benzene rings is 3.